The molecule has 0 spiro atoms. The molecule has 0 amide bonds. The second-order valence-electron chi connectivity index (χ2n) is 8.45. The molecule has 186 valence electrons. The summed E-state index contributed by atoms with van der Waals surface area (Å²) in [6.07, 6.45) is -0.511. The summed E-state index contributed by atoms with van der Waals surface area (Å²) < 4.78 is 44.4. The third kappa shape index (κ3) is 7.10. The molecule has 0 aliphatic heterocycles. The Morgan fingerprint density at radius 1 is 1.00 bits per heavy atom. The first-order chi connectivity index (χ1) is 16.8. The van der Waals surface area contributed by atoms with E-state index in [0.29, 0.717) is 18.6 Å². The van der Waals surface area contributed by atoms with Gasteiger partial charge in [0.25, 0.3) is 0 Å². The van der Waals surface area contributed by atoms with Gasteiger partial charge < -0.3 is 9.84 Å². The van der Waals surface area contributed by atoms with Gasteiger partial charge in [-0.3, -0.25) is 4.79 Å². The van der Waals surface area contributed by atoms with Crippen molar-refractivity contribution in [2.24, 2.45) is 0 Å². The molecule has 1 aliphatic rings. The summed E-state index contributed by atoms with van der Waals surface area (Å²) in [6.45, 7) is 4.34. The van der Waals surface area contributed by atoms with Crippen molar-refractivity contribution in [3.63, 3.8) is 0 Å². The fourth-order valence-electron chi connectivity index (χ4n) is 4.44. The molecule has 3 nitrogen and oxygen atoms in total. The van der Waals surface area contributed by atoms with Gasteiger partial charge in [0.2, 0.25) is 0 Å². The number of carbonyl (C=O) groups is 1. The molecule has 6 heteroatoms. The van der Waals surface area contributed by atoms with Crippen molar-refractivity contribution >= 4 is 5.97 Å². The van der Waals surface area contributed by atoms with Crippen molar-refractivity contribution in [3.05, 3.63) is 89.0 Å². The van der Waals surface area contributed by atoms with E-state index >= 15 is 0 Å². The molecule has 1 unspecified atom stereocenters. The van der Waals surface area contributed by atoms with E-state index in [2.05, 4.69) is 6.07 Å². The Morgan fingerprint density at radius 2 is 1.74 bits per heavy atom. The fraction of sp³-hybridized carbons (Fsp3) is 0.345. The maximum atomic E-state index is 12.8. The number of halogens is 3. The number of carboxylic acid groups (broad SMARTS) is 1. The Labute approximate surface area is 204 Å². The van der Waals surface area contributed by atoms with Crippen LogP contribution in [0.1, 0.15) is 67.7 Å². The highest BCUT2D eigenvalue weighted by Gasteiger charge is 2.30. The zero-order valence-corrected chi connectivity index (χ0v) is 20.1. The highest BCUT2D eigenvalue weighted by Crippen LogP contribution is 2.37. The van der Waals surface area contributed by atoms with Crippen molar-refractivity contribution in [1.29, 1.82) is 0 Å². The van der Waals surface area contributed by atoms with E-state index in [1.165, 1.54) is 23.3 Å². The molecule has 0 radical (unpaired) electrons. The Hall–Kier alpha value is -3.28. The van der Waals surface area contributed by atoms with Gasteiger partial charge in [-0.05, 0) is 89.8 Å². The number of rotatable bonds is 7. The number of hydrogen-bond donors (Lipinski definition) is 1. The second kappa shape index (κ2) is 11.9. The molecular formula is C29H31F3O3. The van der Waals surface area contributed by atoms with E-state index in [1.54, 1.807) is 0 Å². The average molecular weight is 485 g/mol. The molecule has 0 saturated heterocycles. The Morgan fingerprint density at radius 3 is 2.43 bits per heavy atom. The number of hydrogen-bond acceptors (Lipinski definition) is 2. The monoisotopic (exact) mass is 484 g/mol. The summed E-state index contributed by atoms with van der Waals surface area (Å²) in [5.74, 6) is 0.271. The molecule has 0 aromatic heterocycles. The van der Waals surface area contributed by atoms with Gasteiger partial charge in [-0.15, -0.1) is 0 Å². The molecule has 0 saturated carbocycles. The number of benzene rings is 3. The normalized spacial score (nSPS) is 14.9. The SMILES string of the molecule is CC.O=C(O)CCC1CCCc2cc(OCc3cccc(-c4ccc(C(F)(F)F)cc4)c3)ccc21. The van der Waals surface area contributed by atoms with Gasteiger partial charge in [-0.2, -0.15) is 13.2 Å². The van der Waals surface area contributed by atoms with Crippen LogP contribution in [0.15, 0.2) is 66.7 Å². The van der Waals surface area contributed by atoms with E-state index in [4.69, 9.17) is 9.84 Å². The van der Waals surface area contributed by atoms with Crippen LogP contribution >= 0.6 is 0 Å². The Bertz CT molecular complexity index is 1120. The molecule has 1 aliphatic carbocycles. The van der Waals surface area contributed by atoms with Gasteiger partial charge in [-0.1, -0.05) is 50.2 Å². The largest absolute Gasteiger partial charge is 0.489 e. The van der Waals surface area contributed by atoms with E-state index < -0.39 is 17.7 Å². The van der Waals surface area contributed by atoms with Crippen molar-refractivity contribution in [2.45, 2.75) is 64.7 Å². The minimum absolute atomic E-state index is 0.178. The van der Waals surface area contributed by atoms with Gasteiger partial charge >= 0.3 is 12.1 Å². The number of aliphatic carboxylic acids is 1. The first-order valence-corrected chi connectivity index (χ1v) is 12.0. The number of alkyl halides is 3. The maximum absolute atomic E-state index is 12.8. The lowest BCUT2D eigenvalue weighted by molar-refractivity contribution is -0.138. The summed E-state index contributed by atoms with van der Waals surface area (Å²) in [7, 11) is 0. The summed E-state index contributed by atoms with van der Waals surface area (Å²) in [4.78, 5) is 10.9. The Balaban J connectivity index is 0.00000167. The molecule has 0 fully saturated rings. The number of aryl methyl sites for hydroxylation is 1. The van der Waals surface area contributed by atoms with E-state index in [-0.39, 0.29) is 12.3 Å². The summed E-state index contributed by atoms with van der Waals surface area (Å²) >= 11 is 0. The number of ether oxygens (including phenoxy) is 1. The van der Waals surface area contributed by atoms with Crippen LogP contribution < -0.4 is 4.74 Å². The predicted octanol–water partition coefficient (Wildman–Crippen LogP) is 8.26. The van der Waals surface area contributed by atoms with Crippen LogP contribution in [0.25, 0.3) is 11.1 Å². The van der Waals surface area contributed by atoms with Gasteiger partial charge in [0.15, 0.2) is 0 Å². The zero-order chi connectivity index (χ0) is 25.4. The van der Waals surface area contributed by atoms with Crippen LogP contribution in [0.2, 0.25) is 0 Å². The van der Waals surface area contributed by atoms with Crippen LogP contribution in [0.5, 0.6) is 5.75 Å². The quantitative estimate of drug-likeness (QED) is 0.367. The number of carboxylic acids is 1. The Kier molecular flexibility index (Phi) is 8.96. The minimum Gasteiger partial charge on any atom is -0.489 e. The molecule has 0 bridgehead atoms. The van der Waals surface area contributed by atoms with Crippen LogP contribution in [-0.2, 0) is 24.0 Å². The average Bonchev–Trinajstić information content (AvgIpc) is 2.87. The van der Waals surface area contributed by atoms with Crippen LogP contribution in [0.3, 0.4) is 0 Å². The topological polar surface area (TPSA) is 46.5 Å². The minimum atomic E-state index is -4.35. The lowest BCUT2D eigenvalue weighted by atomic mass is 9.80. The van der Waals surface area contributed by atoms with Crippen LogP contribution in [0, 0.1) is 0 Å². The predicted molar refractivity (Wildman–Crippen MR) is 132 cm³/mol. The molecular weight excluding hydrogens is 453 g/mol. The van der Waals surface area contributed by atoms with Gasteiger partial charge in [0.1, 0.15) is 12.4 Å². The summed E-state index contributed by atoms with van der Waals surface area (Å²) in [6, 6.07) is 18.7. The van der Waals surface area contributed by atoms with Crippen molar-refractivity contribution in [3.8, 4) is 16.9 Å². The van der Waals surface area contributed by atoms with Crippen molar-refractivity contribution in [1.82, 2.24) is 0 Å². The van der Waals surface area contributed by atoms with E-state index in [0.717, 1.165) is 48.3 Å². The number of fused-ring (bicyclic) bond motifs is 1. The van der Waals surface area contributed by atoms with Crippen LogP contribution in [-0.4, -0.2) is 11.1 Å². The zero-order valence-electron chi connectivity index (χ0n) is 20.1. The molecule has 4 rings (SSSR count). The molecule has 35 heavy (non-hydrogen) atoms. The first-order valence-electron chi connectivity index (χ1n) is 12.0. The summed E-state index contributed by atoms with van der Waals surface area (Å²) in [5.41, 5.74) is 4.24. The molecule has 0 heterocycles. The van der Waals surface area contributed by atoms with E-state index in [1.807, 2.05) is 50.2 Å². The van der Waals surface area contributed by atoms with Crippen LogP contribution in [0.4, 0.5) is 13.2 Å². The van der Waals surface area contributed by atoms with E-state index in [9.17, 15) is 18.0 Å². The van der Waals surface area contributed by atoms with Crippen molar-refractivity contribution < 1.29 is 27.8 Å². The molecule has 1 atom stereocenters. The molecule has 3 aromatic rings. The first kappa shape index (κ1) is 26.3. The van der Waals surface area contributed by atoms with Gasteiger partial charge in [0, 0.05) is 6.42 Å². The smallest absolute Gasteiger partial charge is 0.416 e. The highest BCUT2D eigenvalue weighted by molar-refractivity contribution is 5.67. The summed E-state index contributed by atoms with van der Waals surface area (Å²) in [5, 5.41) is 8.99. The van der Waals surface area contributed by atoms with Crippen molar-refractivity contribution in [2.75, 3.05) is 0 Å². The third-order valence-electron chi connectivity index (χ3n) is 6.14. The lowest BCUT2D eigenvalue weighted by Crippen LogP contribution is -2.11. The third-order valence-corrected chi connectivity index (χ3v) is 6.14. The van der Waals surface area contributed by atoms with Gasteiger partial charge in [0.05, 0.1) is 5.56 Å². The fourth-order valence-corrected chi connectivity index (χ4v) is 4.44. The lowest BCUT2D eigenvalue weighted by Gasteiger charge is -2.25. The molecule has 1 N–H and O–H groups in total. The molecule has 3 aromatic carbocycles. The maximum Gasteiger partial charge on any atom is 0.416 e. The second-order valence-corrected chi connectivity index (χ2v) is 8.45. The van der Waals surface area contributed by atoms with Gasteiger partial charge in [-0.25, -0.2) is 0 Å². The highest BCUT2D eigenvalue weighted by atomic mass is 19.4. The standard InChI is InChI=1S/C27H25F3O3.C2H6/c28-27(29,30)23-10-7-19(8-11-23)21-5-1-3-18(15-21)17-33-24-12-13-25-20(9-14-26(31)32)4-2-6-22(25)16-24;1-2/h1,3,5,7-8,10-13,15-16,20H,2,4,6,9,14,17H2,(H,31,32);1-2H3.